The maximum Gasteiger partial charge on any atom is 0.390 e. The van der Waals surface area contributed by atoms with Gasteiger partial charge in [-0.15, -0.1) is 0 Å². The number of hydrogen-bond acceptors (Lipinski definition) is 3. The van der Waals surface area contributed by atoms with Crippen LogP contribution in [0.15, 0.2) is 18.2 Å². The van der Waals surface area contributed by atoms with Gasteiger partial charge in [0, 0.05) is 19.2 Å². The summed E-state index contributed by atoms with van der Waals surface area (Å²) in [4.78, 5) is 11.9. The Morgan fingerprint density at radius 3 is 2.61 bits per heavy atom. The summed E-state index contributed by atoms with van der Waals surface area (Å²) in [5.74, 6) is 0. The summed E-state index contributed by atoms with van der Waals surface area (Å²) < 4.78 is 36.3. The molecule has 1 rings (SSSR count). The molecular formula is C12H11F3N2O. The fourth-order valence-corrected chi connectivity index (χ4v) is 1.46. The Labute approximate surface area is 102 Å². The van der Waals surface area contributed by atoms with Crippen LogP contribution in [0.1, 0.15) is 22.3 Å². The topological polar surface area (TPSA) is 44.1 Å². The lowest BCUT2D eigenvalue weighted by atomic mass is 10.1. The van der Waals surface area contributed by atoms with Gasteiger partial charge in [0.15, 0.2) is 0 Å². The van der Waals surface area contributed by atoms with Crippen LogP contribution in [-0.4, -0.2) is 26.1 Å². The first-order valence-corrected chi connectivity index (χ1v) is 5.14. The molecule has 0 aliphatic carbocycles. The fourth-order valence-electron chi connectivity index (χ4n) is 1.46. The maximum absolute atomic E-state index is 12.1. The molecule has 0 aliphatic rings. The van der Waals surface area contributed by atoms with Gasteiger partial charge in [0.05, 0.1) is 17.7 Å². The van der Waals surface area contributed by atoms with Crippen LogP contribution in [0.5, 0.6) is 0 Å². The van der Waals surface area contributed by atoms with Gasteiger partial charge in [-0.05, 0) is 18.2 Å². The molecule has 3 nitrogen and oxygen atoms in total. The number of alkyl halides is 3. The van der Waals surface area contributed by atoms with E-state index in [-0.39, 0.29) is 12.1 Å². The summed E-state index contributed by atoms with van der Waals surface area (Å²) in [6.45, 7) is -0.237. The van der Waals surface area contributed by atoms with Crippen LogP contribution in [0, 0.1) is 11.3 Å². The number of anilines is 1. The van der Waals surface area contributed by atoms with E-state index >= 15 is 0 Å². The highest BCUT2D eigenvalue weighted by Gasteiger charge is 2.27. The summed E-state index contributed by atoms with van der Waals surface area (Å²) in [6, 6.07) is 6.16. The molecule has 6 heteroatoms. The Morgan fingerprint density at radius 2 is 2.11 bits per heavy atom. The first kappa shape index (κ1) is 14.0. The van der Waals surface area contributed by atoms with Gasteiger partial charge >= 0.3 is 6.18 Å². The monoisotopic (exact) mass is 256 g/mol. The zero-order valence-electron chi connectivity index (χ0n) is 9.66. The van der Waals surface area contributed by atoms with Gasteiger partial charge < -0.3 is 4.90 Å². The van der Waals surface area contributed by atoms with Crippen LogP contribution in [0.2, 0.25) is 0 Å². The van der Waals surface area contributed by atoms with E-state index in [2.05, 4.69) is 0 Å². The highest BCUT2D eigenvalue weighted by Crippen LogP contribution is 2.24. The lowest BCUT2D eigenvalue weighted by Gasteiger charge is -2.21. The minimum absolute atomic E-state index is 0.185. The maximum atomic E-state index is 12.1. The molecule has 18 heavy (non-hydrogen) atoms. The zero-order valence-corrected chi connectivity index (χ0v) is 9.66. The van der Waals surface area contributed by atoms with E-state index in [1.807, 2.05) is 6.07 Å². The van der Waals surface area contributed by atoms with Crippen molar-refractivity contribution >= 4 is 12.0 Å². The summed E-state index contributed by atoms with van der Waals surface area (Å²) in [6.07, 6.45) is -4.60. The van der Waals surface area contributed by atoms with Crippen LogP contribution in [0.25, 0.3) is 0 Å². The number of hydrogen-bond donors (Lipinski definition) is 0. The lowest BCUT2D eigenvalue weighted by molar-refractivity contribution is -0.132. The van der Waals surface area contributed by atoms with Gasteiger partial charge in [0.2, 0.25) is 0 Å². The van der Waals surface area contributed by atoms with Gasteiger partial charge in [-0.2, -0.15) is 18.4 Å². The van der Waals surface area contributed by atoms with Crippen LogP contribution >= 0.6 is 0 Å². The van der Waals surface area contributed by atoms with Crippen LogP contribution in [0.4, 0.5) is 18.9 Å². The second-order valence-electron chi connectivity index (χ2n) is 3.79. The molecule has 0 aliphatic heterocycles. The van der Waals surface area contributed by atoms with E-state index in [1.54, 1.807) is 0 Å². The minimum atomic E-state index is -4.23. The Balaban J connectivity index is 2.89. The highest BCUT2D eigenvalue weighted by molar-refractivity contribution is 5.78. The standard InChI is InChI=1S/C12H11F3N2O/c1-17(5-4-12(13,14)15)11-3-2-9(8-18)6-10(11)7-16/h2-3,6,8H,4-5H2,1H3. The smallest absolute Gasteiger partial charge is 0.373 e. The summed E-state index contributed by atoms with van der Waals surface area (Å²) in [7, 11) is 1.47. The average molecular weight is 256 g/mol. The first-order chi connectivity index (χ1) is 8.37. The number of nitrogens with zero attached hydrogens (tertiary/aromatic N) is 2. The molecule has 0 amide bonds. The Bertz CT molecular complexity index is 477. The second-order valence-corrected chi connectivity index (χ2v) is 3.79. The molecule has 1 aromatic rings. The average Bonchev–Trinajstić information content (AvgIpc) is 2.34. The number of aldehydes is 1. The van der Waals surface area contributed by atoms with Crippen LogP contribution in [0.3, 0.4) is 0 Å². The first-order valence-electron chi connectivity index (χ1n) is 5.14. The van der Waals surface area contributed by atoms with E-state index in [4.69, 9.17) is 5.26 Å². The van der Waals surface area contributed by atoms with Crippen molar-refractivity contribution in [3.8, 4) is 6.07 Å². The summed E-state index contributed by atoms with van der Waals surface area (Å²) in [5, 5.41) is 8.90. The SMILES string of the molecule is CN(CCC(F)(F)F)c1ccc(C=O)cc1C#N. The zero-order chi connectivity index (χ0) is 13.8. The van der Waals surface area contributed by atoms with Gasteiger partial charge in [-0.25, -0.2) is 0 Å². The number of halogens is 3. The van der Waals surface area contributed by atoms with E-state index in [9.17, 15) is 18.0 Å². The fraction of sp³-hybridized carbons (Fsp3) is 0.333. The number of benzene rings is 1. The normalized spacial score (nSPS) is 10.8. The van der Waals surface area contributed by atoms with Crippen molar-refractivity contribution in [2.45, 2.75) is 12.6 Å². The molecule has 0 spiro atoms. The molecule has 96 valence electrons. The van der Waals surface area contributed by atoms with Crippen molar-refractivity contribution in [3.05, 3.63) is 29.3 Å². The van der Waals surface area contributed by atoms with Gasteiger partial charge in [-0.1, -0.05) is 0 Å². The molecule has 0 saturated heterocycles. The molecule has 0 bridgehead atoms. The van der Waals surface area contributed by atoms with E-state index in [1.165, 1.54) is 30.1 Å². The van der Waals surface area contributed by atoms with Crippen molar-refractivity contribution in [2.24, 2.45) is 0 Å². The lowest BCUT2D eigenvalue weighted by Crippen LogP contribution is -2.24. The predicted octanol–water partition coefficient (Wildman–Crippen LogP) is 2.76. The van der Waals surface area contributed by atoms with Crippen molar-refractivity contribution in [3.63, 3.8) is 0 Å². The van der Waals surface area contributed by atoms with Gasteiger partial charge in [0.25, 0.3) is 0 Å². The minimum Gasteiger partial charge on any atom is -0.373 e. The summed E-state index contributed by atoms with van der Waals surface area (Å²) >= 11 is 0. The Kier molecular flexibility index (Phi) is 4.32. The quantitative estimate of drug-likeness (QED) is 0.778. The third-order valence-electron chi connectivity index (χ3n) is 2.42. The molecule has 0 heterocycles. The van der Waals surface area contributed by atoms with E-state index in [0.29, 0.717) is 17.5 Å². The van der Waals surface area contributed by atoms with Crippen molar-refractivity contribution in [1.29, 1.82) is 5.26 Å². The van der Waals surface area contributed by atoms with Gasteiger partial charge in [-0.3, -0.25) is 4.79 Å². The highest BCUT2D eigenvalue weighted by atomic mass is 19.4. The number of carbonyl (C=O) groups is 1. The van der Waals surface area contributed by atoms with Crippen LogP contribution in [-0.2, 0) is 0 Å². The molecule has 0 saturated carbocycles. The third-order valence-corrected chi connectivity index (χ3v) is 2.42. The molecule has 0 atom stereocenters. The molecule has 0 unspecified atom stereocenters. The molecule has 0 fully saturated rings. The van der Waals surface area contributed by atoms with E-state index < -0.39 is 12.6 Å². The van der Waals surface area contributed by atoms with Crippen molar-refractivity contribution in [1.82, 2.24) is 0 Å². The number of carbonyl (C=O) groups excluding carboxylic acids is 1. The number of rotatable bonds is 4. The van der Waals surface area contributed by atoms with Crippen molar-refractivity contribution in [2.75, 3.05) is 18.5 Å². The Morgan fingerprint density at radius 1 is 1.44 bits per heavy atom. The largest absolute Gasteiger partial charge is 0.390 e. The predicted molar refractivity (Wildman–Crippen MR) is 60.5 cm³/mol. The number of nitriles is 1. The molecule has 0 N–H and O–H groups in total. The molecule has 0 radical (unpaired) electrons. The molecule has 1 aromatic carbocycles. The summed E-state index contributed by atoms with van der Waals surface area (Å²) in [5.41, 5.74) is 0.885. The van der Waals surface area contributed by atoms with E-state index in [0.717, 1.165) is 0 Å². The third kappa shape index (κ3) is 3.77. The Hall–Kier alpha value is -2.03. The second kappa shape index (κ2) is 5.54. The van der Waals surface area contributed by atoms with Crippen molar-refractivity contribution < 1.29 is 18.0 Å². The van der Waals surface area contributed by atoms with Gasteiger partial charge in [0.1, 0.15) is 12.4 Å². The molecular weight excluding hydrogens is 245 g/mol. The van der Waals surface area contributed by atoms with Crippen LogP contribution < -0.4 is 4.90 Å². The molecule has 0 aromatic heterocycles.